The zero-order chi connectivity index (χ0) is 13.1. The minimum absolute atomic E-state index is 0.0458. The van der Waals surface area contributed by atoms with E-state index in [-0.39, 0.29) is 5.69 Å². The van der Waals surface area contributed by atoms with Gasteiger partial charge in [-0.1, -0.05) is 0 Å². The van der Waals surface area contributed by atoms with E-state index >= 15 is 0 Å². The minimum atomic E-state index is -1.02. The predicted molar refractivity (Wildman–Crippen MR) is 72.3 cm³/mol. The SMILES string of the molecule is CSC1CCC(Nc2nc(C)cc(C(=O)O)n2)C1. The monoisotopic (exact) mass is 267 g/mol. The van der Waals surface area contributed by atoms with E-state index in [4.69, 9.17) is 5.11 Å². The molecule has 0 saturated heterocycles. The lowest BCUT2D eigenvalue weighted by molar-refractivity contribution is 0.0690. The summed E-state index contributed by atoms with van der Waals surface area (Å²) in [7, 11) is 0. The Balaban J connectivity index is 2.07. The summed E-state index contributed by atoms with van der Waals surface area (Å²) < 4.78 is 0. The molecule has 1 aliphatic carbocycles. The second kappa shape index (κ2) is 5.56. The topological polar surface area (TPSA) is 75.1 Å². The van der Waals surface area contributed by atoms with Crippen LogP contribution in [0.25, 0.3) is 0 Å². The highest BCUT2D eigenvalue weighted by atomic mass is 32.2. The molecule has 2 atom stereocenters. The molecule has 1 aliphatic rings. The van der Waals surface area contributed by atoms with Crippen molar-refractivity contribution in [3.63, 3.8) is 0 Å². The Hall–Kier alpha value is -1.30. The van der Waals surface area contributed by atoms with E-state index in [1.807, 2.05) is 11.8 Å². The molecular weight excluding hydrogens is 250 g/mol. The molecule has 1 fully saturated rings. The van der Waals surface area contributed by atoms with Gasteiger partial charge in [-0.05, 0) is 38.5 Å². The van der Waals surface area contributed by atoms with Gasteiger partial charge in [0.25, 0.3) is 0 Å². The van der Waals surface area contributed by atoms with Crippen LogP contribution in [0.3, 0.4) is 0 Å². The van der Waals surface area contributed by atoms with Crippen LogP contribution in [-0.2, 0) is 0 Å². The molecule has 98 valence electrons. The van der Waals surface area contributed by atoms with Crippen molar-refractivity contribution in [2.24, 2.45) is 0 Å². The first-order valence-electron chi connectivity index (χ1n) is 5.97. The van der Waals surface area contributed by atoms with Crippen molar-refractivity contribution in [3.05, 3.63) is 17.5 Å². The molecule has 1 aromatic heterocycles. The third-order valence-corrected chi connectivity index (χ3v) is 4.22. The maximum Gasteiger partial charge on any atom is 0.354 e. The van der Waals surface area contributed by atoms with Crippen LogP contribution < -0.4 is 5.32 Å². The van der Waals surface area contributed by atoms with E-state index in [0.29, 0.717) is 22.9 Å². The summed E-state index contributed by atoms with van der Waals surface area (Å²) in [6.07, 6.45) is 5.49. The van der Waals surface area contributed by atoms with E-state index in [2.05, 4.69) is 21.5 Å². The standard InChI is InChI=1S/C12H17N3O2S/c1-7-5-10(11(16)17)15-12(13-7)14-8-3-4-9(6-8)18-2/h5,8-9H,3-4,6H2,1-2H3,(H,16,17)(H,13,14,15). The normalized spacial score (nSPS) is 23.0. The third-order valence-electron chi connectivity index (χ3n) is 3.12. The van der Waals surface area contributed by atoms with Gasteiger partial charge in [-0.15, -0.1) is 0 Å². The molecule has 0 bridgehead atoms. The van der Waals surface area contributed by atoms with Crippen LogP contribution >= 0.6 is 11.8 Å². The van der Waals surface area contributed by atoms with Crippen LogP contribution in [0.2, 0.25) is 0 Å². The molecule has 2 rings (SSSR count). The molecule has 0 amide bonds. The number of aromatic carboxylic acids is 1. The van der Waals surface area contributed by atoms with E-state index in [1.54, 1.807) is 6.92 Å². The number of carboxylic acids is 1. The minimum Gasteiger partial charge on any atom is -0.477 e. The molecule has 1 heterocycles. The maximum atomic E-state index is 10.9. The molecule has 2 N–H and O–H groups in total. The first kappa shape index (κ1) is 13.1. The van der Waals surface area contributed by atoms with Gasteiger partial charge in [0.05, 0.1) is 0 Å². The van der Waals surface area contributed by atoms with Crippen molar-refractivity contribution in [3.8, 4) is 0 Å². The zero-order valence-electron chi connectivity index (χ0n) is 10.5. The summed E-state index contributed by atoms with van der Waals surface area (Å²) in [5.41, 5.74) is 0.716. The lowest BCUT2D eigenvalue weighted by atomic mass is 10.2. The van der Waals surface area contributed by atoms with Crippen molar-refractivity contribution in [1.82, 2.24) is 9.97 Å². The van der Waals surface area contributed by atoms with Gasteiger partial charge >= 0.3 is 5.97 Å². The summed E-state index contributed by atoms with van der Waals surface area (Å²) in [5, 5.41) is 12.9. The first-order valence-corrected chi connectivity index (χ1v) is 7.25. The number of aromatic nitrogens is 2. The van der Waals surface area contributed by atoms with Gasteiger partial charge in [-0.3, -0.25) is 0 Å². The molecule has 6 heteroatoms. The van der Waals surface area contributed by atoms with Crippen molar-refractivity contribution in [1.29, 1.82) is 0 Å². The number of anilines is 1. The van der Waals surface area contributed by atoms with Gasteiger partial charge in [-0.2, -0.15) is 11.8 Å². The number of carbonyl (C=O) groups is 1. The Bertz CT molecular complexity index is 453. The van der Waals surface area contributed by atoms with Crippen LogP contribution in [0.15, 0.2) is 6.07 Å². The third kappa shape index (κ3) is 3.13. The van der Waals surface area contributed by atoms with E-state index < -0.39 is 5.97 Å². The molecule has 0 radical (unpaired) electrons. The molecule has 2 unspecified atom stereocenters. The number of hydrogen-bond acceptors (Lipinski definition) is 5. The average Bonchev–Trinajstić information content (AvgIpc) is 2.76. The Kier molecular flexibility index (Phi) is 4.06. The van der Waals surface area contributed by atoms with Gasteiger partial charge in [0.2, 0.25) is 5.95 Å². The van der Waals surface area contributed by atoms with Crippen molar-refractivity contribution in [2.45, 2.75) is 37.5 Å². The van der Waals surface area contributed by atoms with Gasteiger partial charge in [0.1, 0.15) is 0 Å². The van der Waals surface area contributed by atoms with E-state index in [0.717, 1.165) is 12.8 Å². The highest BCUT2D eigenvalue weighted by Gasteiger charge is 2.24. The maximum absolute atomic E-state index is 10.9. The Morgan fingerprint density at radius 1 is 1.50 bits per heavy atom. The summed E-state index contributed by atoms with van der Waals surface area (Å²) >= 11 is 1.88. The molecule has 1 aromatic rings. The lowest BCUT2D eigenvalue weighted by Crippen LogP contribution is -2.19. The highest BCUT2D eigenvalue weighted by molar-refractivity contribution is 7.99. The Labute approximate surface area is 110 Å². The molecule has 0 spiro atoms. The Morgan fingerprint density at radius 3 is 2.89 bits per heavy atom. The largest absolute Gasteiger partial charge is 0.477 e. The summed E-state index contributed by atoms with van der Waals surface area (Å²) in [4.78, 5) is 19.2. The number of thioether (sulfide) groups is 1. The zero-order valence-corrected chi connectivity index (χ0v) is 11.3. The summed E-state index contributed by atoms with van der Waals surface area (Å²) in [6, 6.07) is 1.83. The molecule has 1 saturated carbocycles. The average molecular weight is 267 g/mol. The number of nitrogens with one attached hydrogen (secondary N) is 1. The molecular formula is C12H17N3O2S. The van der Waals surface area contributed by atoms with Gasteiger partial charge in [-0.25, -0.2) is 14.8 Å². The van der Waals surface area contributed by atoms with Gasteiger partial charge < -0.3 is 10.4 Å². The highest BCUT2D eigenvalue weighted by Crippen LogP contribution is 2.29. The first-order chi connectivity index (χ1) is 8.58. The smallest absolute Gasteiger partial charge is 0.354 e. The fourth-order valence-electron chi connectivity index (χ4n) is 2.21. The second-order valence-corrected chi connectivity index (χ2v) is 5.67. The molecule has 5 nitrogen and oxygen atoms in total. The molecule has 0 aliphatic heterocycles. The predicted octanol–water partition coefficient (Wildman–Crippen LogP) is 2.18. The van der Waals surface area contributed by atoms with Crippen LogP contribution in [0.5, 0.6) is 0 Å². The van der Waals surface area contributed by atoms with E-state index in [1.165, 1.54) is 12.5 Å². The summed E-state index contributed by atoms with van der Waals surface area (Å²) in [6.45, 7) is 1.78. The fourth-order valence-corrected chi connectivity index (χ4v) is 3.01. The van der Waals surface area contributed by atoms with Crippen molar-refractivity contribution in [2.75, 3.05) is 11.6 Å². The van der Waals surface area contributed by atoms with Crippen LogP contribution in [0, 0.1) is 6.92 Å². The molecule has 18 heavy (non-hydrogen) atoms. The van der Waals surface area contributed by atoms with Crippen molar-refractivity contribution >= 4 is 23.7 Å². The fraction of sp³-hybridized carbons (Fsp3) is 0.583. The second-order valence-electron chi connectivity index (χ2n) is 4.54. The Morgan fingerprint density at radius 2 is 2.28 bits per heavy atom. The number of rotatable bonds is 4. The van der Waals surface area contributed by atoms with Crippen molar-refractivity contribution < 1.29 is 9.90 Å². The summed E-state index contributed by atoms with van der Waals surface area (Å²) in [5.74, 6) is -0.587. The van der Waals surface area contributed by atoms with Crippen LogP contribution in [0.1, 0.15) is 35.4 Å². The van der Waals surface area contributed by atoms with E-state index in [9.17, 15) is 4.79 Å². The van der Waals surface area contributed by atoms with Crippen LogP contribution in [-0.4, -0.2) is 38.6 Å². The lowest BCUT2D eigenvalue weighted by Gasteiger charge is -2.13. The number of carboxylic acid groups (broad SMARTS) is 1. The van der Waals surface area contributed by atoms with Gasteiger partial charge in [0, 0.05) is 17.0 Å². The quantitative estimate of drug-likeness (QED) is 0.871. The molecule has 0 aromatic carbocycles. The number of hydrogen-bond donors (Lipinski definition) is 2. The van der Waals surface area contributed by atoms with Crippen LogP contribution in [0.4, 0.5) is 5.95 Å². The number of aryl methyl sites for hydroxylation is 1. The van der Waals surface area contributed by atoms with Gasteiger partial charge in [0.15, 0.2) is 5.69 Å². The number of nitrogens with zero attached hydrogens (tertiary/aromatic N) is 2.